The van der Waals surface area contributed by atoms with Crippen molar-refractivity contribution >= 4 is 0 Å². The van der Waals surface area contributed by atoms with E-state index in [0.717, 1.165) is 39.2 Å². The van der Waals surface area contributed by atoms with E-state index in [1.807, 2.05) is 0 Å². The van der Waals surface area contributed by atoms with Crippen LogP contribution in [0.25, 0.3) is 0 Å². The van der Waals surface area contributed by atoms with E-state index in [4.69, 9.17) is 10.5 Å². The van der Waals surface area contributed by atoms with Crippen molar-refractivity contribution in [1.29, 1.82) is 0 Å². The van der Waals surface area contributed by atoms with Gasteiger partial charge in [-0.25, -0.2) is 0 Å². The molecule has 1 aliphatic carbocycles. The first-order valence-corrected chi connectivity index (χ1v) is 9.25. The van der Waals surface area contributed by atoms with Gasteiger partial charge in [0.15, 0.2) is 0 Å². The number of morpholine rings is 1. The summed E-state index contributed by atoms with van der Waals surface area (Å²) in [5.41, 5.74) is 10.3. The van der Waals surface area contributed by atoms with Gasteiger partial charge in [-0.2, -0.15) is 0 Å². The standard InChI is InChI=1S/C21H27N3O/c22-20-12-21(19-9-5-4-8-18(19)20)23-13-17-15-24(10-11-25-17)14-16-6-2-1-3-7-16/h1-9,17,20-21,23H,10-15,22H2. The van der Waals surface area contributed by atoms with Crippen molar-refractivity contribution in [1.82, 2.24) is 10.2 Å². The second-order valence-electron chi connectivity index (χ2n) is 7.15. The quantitative estimate of drug-likeness (QED) is 0.881. The predicted octanol–water partition coefficient (Wildman–Crippen LogP) is 2.62. The molecule has 2 aliphatic rings. The number of nitrogens with zero attached hydrogens (tertiary/aromatic N) is 1. The molecule has 4 heteroatoms. The zero-order valence-corrected chi connectivity index (χ0v) is 14.6. The SMILES string of the molecule is NC1CC(NCC2CN(Cc3ccccc3)CCO2)c2ccccc21. The molecule has 0 radical (unpaired) electrons. The molecule has 0 amide bonds. The van der Waals surface area contributed by atoms with Crippen LogP contribution in [0, 0.1) is 0 Å². The molecule has 3 unspecified atom stereocenters. The van der Waals surface area contributed by atoms with E-state index < -0.39 is 0 Å². The van der Waals surface area contributed by atoms with Gasteiger partial charge in [-0.3, -0.25) is 4.90 Å². The van der Waals surface area contributed by atoms with E-state index in [-0.39, 0.29) is 12.1 Å². The van der Waals surface area contributed by atoms with Gasteiger partial charge in [0.1, 0.15) is 0 Å². The highest BCUT2D eigenvalue weighted by molar-refractivity contribution is 5.37. The normalized spacial score (nSPS) is 26.5. The van der Waals surface area contributed by atoms with Gasteiger partial charge in [-0.15, -0.1) is 0 Å². The Kier molecular flexibility index (Phi) is 5.13. The minimum Gasteiger partial charge on any atom is -0.374 e. The van der Waals surface area contributed by atoms with Crippen molar-refractivity contribution in [3.05, 3.63) is 71.3 Å². The van der Waals surface area contributed by atoms with Crippen LogP contribution in [0.4, 0.5) is 0 Å². The maximum absolute atomic E-state index is 6.27. The molecule has 3 N–H and O–H groups in total. The van der Waals surface area contributed by atoms with Crippen molar-refractivity contribution in [2.75, 3.05) is 26.2 Å². The van der Waals surface area contributed by atoms with Crippen LogP contribution in [0.15, 0.2) is 54.6 Å². The third-order valence-electron chi connectivity index (χ3n) is 5.32. The third-order valence-corrected chi connectivity index (χ3v) is 5.32. The van der Waals surface area contributed by atoms with E-state index in [1.165, 1.54) is 16.7 Å². The molecule has 0 aromatic heterocycles. The van der Waals surface area contributed by atoms with Crippen molar-refractivity contribution in [3.8, 4) is 0 Å². The first kappa shape index (κ1) is 16.7. The van der Waals surface area contributed by atoms with Gasteiger partial charge in [-0.1, -0.05) is 54.6 Å². The summed E-state index contributed by atoms with van der Waals surface area (Å²) in [4.78, 5) is 2.49. The van der Waals surface area contributed by atoms with Crippen LogP contribution in [0.2, 0.25) is 0 Å². The Morgan fingerprint density at radius 1 is 1.04 bits per heavy atom. The first-order chi connectivity index (χ1) is 12.3. The molecule has 0 bridgehead atoms. The van der Waals surface area contributed by atoms with E-state index in [9.17, 15) is 0 Å². The molecular formula is C21H27N3O. The molecule has 4 nitrogen and oxygen atoms in total. The van der Waals surface area contributed by atoms with Crippen LogP contribution in [-0.4, -0.2) is 37.2 Å². The lowest BCUT2D eigenvalue weighted by molar-refractivity contribution is -0.0310. The van der Waals surface area contributed by atoms with Gasteiger partial charge in [-0.05, 0) is 23.1 Å². The molecular weight excluding hydrogens is 310 g/mol. The number of fused-ring (bicyclic) bond motifs is 1. The summed E-state index contributed by atoms with van der Waals surface area (Å²) in [5.74, 6) is 0. The number of ether oxygens (including phenoxy) is 1. The maximum atomic E-state index is 6.27. The molecule has 1 heterocycles. The lowest BCUT2D eigenvalue weighted by Gasteiger charge is -2.33. The zero-order valence-electron chi connectivity index (χ0n) is 14.6. The van der Waals surface area contributed by atoms with E-state index in [1.54, 1.807) is 0 Å². The number of nitrogens with one attached hydrogen (secondary N) is 1. The highest BCUT2D eigenvalue weighted by Gasteiger charge is 2.29. The minimum absolute atomic E-state index is 0.149. The summed E-state index contributed by atoms with van der Waals surface area (Å²) in [5, 5.41) is 3.69. The fraction of sp³-hybridized carbons (Fsp3) is 0.429. The molecule has 2 aromatic carbocycles. The number of hydrogen-bond donors (Lipinski definition) is 2. The van der Waals surface area contributed by atoms with Crippen molar-refractivity contribution < 1.29 is 4.74 Å². The molecule has 3 atom stereocenters. The molecule has 25 heavy (non-hydrogen) atoms. The summed E-state index contributed by atoms with van der Waals surface area (Å²) in [6.07, 6.45) is 1.21. The van der Waals surface area contributed by atoms with Crippen LogP contribution in [-0.2, 0) is 11.3 Å². The lowest BCUT2D eigenvalue weighted by Crippen LogP contribution is -2.46. The van der Waals surface area contributed by atoms with E-state index >= 15 is 0 Å². The summed E-state index contributed by atoms with van der Waals surface area (Å²) in [7, 11) is 0. The van der Waals surface area contributed by atoms with Crippen molar-refractivity contribution in [2.45, 2.75) is 31.2 Å². The Labute approximate surface area is 150 Å². The summed E-state index contributed by atoms with van der Waals surface area (Å²) >= 11 is 0. The third kappa shape index (κ3) is 3.93. The lowest BCUT2D eigenvalue weighted by atomic mass is 10.1. The predicted molar refractivity (Wildman–Crippen MR) is 100 cm³/mol. The maximum Gasteiger partial charge on any atom is 0.0827 e. The van der Waals surface area contributed by atoms with Gasteiger partial charge in [0, 0.05) is 38.3 Å². The fourth-order valence-electron chi connectivity index (χ4n) is 4.03. The Morgan fingerprint density at radius 3 is 2.64 bits per heavy atom. The first-order valence-electron chi connectivity index (χ1n) is 9.25. The average Bonchev–Trinajstić information content (AvgIpc) is 2.98. The van der Waals surface area contributed by atoms with Gasteiger partial charge in [0.2, 0.25) is 0 Å². The molecule has 132 valence electrons. The number of nitrogens with two attached hydrogens (primary N) is 1. The molecule has 1 saturated heterocycles. The van der Waals surface area contributed by atoms with Crippen LogP contribution in [0.3, 0.4) is 0 Å². The molecule has 0 spiro atoms. The van der Waals surface area contributed by atoms with E-state index in [0.29, 0.717) is 6.04 Å². The Hall–Kier alpha value is -1.72. The number of hydrogen-bond acceptors (Lipinski definition) is 4. The Balaban J connectivity index is 1.31. The second kappa shape index (κ2) is 7.67. The van der Waals surface area contributed by atoms with E-state index in [2.05, 4.69) is 64.8 Å². The summed E-state index contributed by atoms with van der Waals surface area (Å²) < 4.78 is 5.99. The van der Waals surface area contributed by atoms with Crippen molar-refractivity contribution in [3.63, 3.8) is 0 Å². The van der Waals surface area contributed by atoms with Crippen LogP contribution >= 0.6 is 0 Å². The smallest absolute Gasteiger partial charge is 0.0827 e. The summed E-state index contributed by atoms with van der Waals surface area (Å²) in [6.45, 7) is 4.65. The van der Waals surface area contributed by atoms with Gasteiger partial charge >= 0.3 is 0 Å². The molecule has 1 aliphatic heterocycles. The molecule has 4 rings (SSSR count). The molecule has 2 aromatic rings. The zero-order chi connectivity index (χ0) is 17.1. The van der Waals surface area contributed by atoms with Crippen LogP contribution in [0.1, 0.15) is 35.2 Å². The number of benzene rings is 2. The molecule has 1 fully saturated rings. The highest BCUT2D eigenvalue weighted by Crippen LogP contribution is 2.36. The highest BCUT2D eigenvalue weighted by atomic mass is 16.5. The average molecular weight is 337 g/mol. The van der Waals surface area contributed by atoms with Crippen LogP contribution in [0.5, 0.6) is 0 Å². The fourth-order valence-corrected chi connectivity index (χ4v) is 4.03. The largest absolute Gasteiger partial charge is 0.374 e. The van der Waals surface area contributed by atoms with Crippen LogP contribution < -0.4 is 11.1 Å². The van der Waals surface area contributed by atoms with Crippen molar-refractivity contribution in [2.24, 2.45) is 5.73 Å². The van der Waals surface area contributed by atoms with Gasteiger partial charge in [0.05, 0.1) is 12.7 Å². The number of rotatable bonds is 5. The Morgan fingerprint density at radius 2 is 1.80 bits per heavy atom. The Bertz CT molecular complexity index is 691. The molecule has 0 saturated carbocycles. The second-order valence-corrected chi connectivity index (χ2v) is 7.15. The monoisotopic (exact) mass is 337 g/mol. The minimum atomic E-state index is 0.149. The van der Waals surface area contributed by atoms with Gasteiger partial charge in [0.25, 0.3) is 0 Å². The summed E-state index contributed by atoms with van der Waals surface area (Å²) in [6, 6.07) is 19.7. The topological polar surface area (TPSA) is 50.5 Å². The van der Waals surface area contributed by atoms with Gasteiger partial charge < -0.3 is 15.8 Å².